The van der Waals surface area contributed by atoms with Crippen LogP contribution in [0.5, 0.6) is 11.5 Å². The number of ether oxygens (including phenoxy) is 2. The fourth-order valence-electron chi connectivity index (χ4n) is 4.37. The zero-order valence-corrected chi connectivity index (χ0v) is 21.3. The molecule has 7 nitrogen and oxygen atoms in total. The minimum absolute atomic E-state index is 0.0222. The molecule has 2 amide bonds. The minimum atomic E-state index is -0.168. The number of halogens is 1. The highest BCUT2D eigenvalue weighted by molar-refractivity contribution is 6.30. The fraction of sp³-hybridized carbons (Fsp3) is 0.321. The molecule has 36 heavy (non-hydrogen) atoms. The molecule has 3 aromatic rings. The summed E-state index contributed by atoms with van der Waals surface area (Å²) in [5.41, 5.74) is 3.13. The number of piperidine rings is 1. The number of para-hydroxylation sites is 1. The quantitative estimate of drug-likeness (QED) is 0.475. The lowest BCUT2D eigenvalue weighted by atomic mass is 9.89. The van der Waals surface area contributed by atoms with E-state index in [0.717, 1.165) is 35.5 Å². The second-order valence-corrected chi connectivity index (χ2v) is 9.21. The average Bonchev–Trinajstić information content (AvgIpc) is 2.91. The third kappa shape index (κ3) is 6.34. The molecular weight excluding hydrogens is 478 g/mol. The number of hydrogen-bond acceptors (Lipinski definition) is 5. The standard InChI is InChI=1S/C28H30ClN3O4/c1-19-7-12-24(28(34)30-17-21-5-3-4-6-25(21)35-2)27(31-19)20-13-15-32(16-14-20)26(33)18-36-23-10-8-22(29)9-11-23/h3-12,20H,13-18H2,1-2H3,(H,30,34). The van der Waals surface area contributed by atoms with Crippen LogP contribution in [-0.4, -0.2) is 48.5 Å². The summed E-state index contributed by atoms with van der Waals surface area (Å²) in [5.74, 6) is 1.21. The van der Waals surface area contributed by atoms with Crippen molar-refractivity contribution in [3.8, 4) is 11.5 Å². The van der Waals surface area contributed by atoms with Gasteiger partial charge in [-0.1, -0.05) is 29.8 Å². The Kier molecular flexibility index (Phi) is 8.44. The second-order valence-electron chi connectivity index (χ2n) is 8.78. The maximum absolute atomic E-state index is 13.1. The van der Waals surface area contributed by atoms with Crippen molar-refractivity contribution in [2.24, 2.45) is 0 Å². The van der Waals surface area contributed by atoms with Gasteiger partial charge >= 0.3 is 0 Å². The third-order valence-corrected chi connectivity index (χ3v) is 6.60. The molecule has 0 saturated carbocycles. The van der Waals surface area contributed by atoms with Gasteiger partial charge in [0.1, 0.15) is 11.5 Å². The van der Waals surface area contributed by atoms with Crippen molar-refractivity contribution in [2.45, 2.75) is 32.2 Å². The van der Waals surface area contributed by atoms with E-state index in [-0.39, 0.29) is 24.3 Å². The Morgan fingerprint density at radius 3 is 2.50 bits per heavy atom. The molecule has 1 aliphatic heterocycles. The molecule has 1 aromatic heterocycles. The summed E-state index contributed by atoms with van der Waals surface area (Å²) in [6.45, 7) is 3.44. The lowest BCUT2D eigenvalue weighted by Crippen LogP contribution is -2.41. The van der Waals surface area contributed by atoms with Crippen LogP contribution >= 0.6 is 11.6 Å². The summed E-state index contributed by atoms with van der Waals surface area (Å²) in [5, 5.41) is 3.62. The van der Waals surface area contributed by atoms with Crippen LogP contribution in [0.4, 0.5) is 0 Å². The van der Waals surface area contributed by atoms with Crippen LogP contribution in [0.25, 0.3) is 0 Å². The smallest absolute Gasteiger partial charge is 0.260 e. The number of aromatic nitrogens is 1. The third-order valence-electron chi connectivity index (χ3n) is 6.35. The van der Waals surface area contributed by atoms with Crippen LogP contribution in [0.1, 0.15) is 46.1 Å². The topological polar surface area (TPSA) is 80.8 Å². The maximum atomic E-state index is 13.1. The van der Waals surface area contributed by atoms with Crippen molar-refractivity contribution in [3.05, 3.63) is 88.2 Å². The Hall–Kier alpha value is -3.58. The lowest BCUT2D eigenvalue weighted by Gasteiger charge is -2.32. The number of methoxy groups -OCH3 is 1. The van der Waals surface area contributed by atoms with E-state index in [2.05, 4.69) is 5.32 Å². The Bertz CT molecular complexity index is 1210. The van der Waals surface area contributed by atoms with Crippen LogP contribution in [0.2, 0.25) is 5.02 Å². The highest BCUT2D eigenvalue weighted by atomic mass is 35.5. The zero-order chi connectivity index (χ0) is 25.5. The summed E-state index contributed by atoms with van der Waals surface area (Å²) >= 11 is 5.89. The first-order valence-electron chi connectivity index (χ1n) is 12.0. The van der Waals surface area contributed by atoms with Crippen LogP contribution in [0, 0.1) is 6.92 Å². The molecule has 4 rings (SSSR count). The van der Waals surface area contributed by atoms with Crippen molar-refractivity contribution in [3.63, 3.8) is 0 Å². The molecule has 0 spiro atoms. The summed E-state index contributed by atoms with van der Waals surface area (Å²) in [6.07, 6.45) is 1.46. The number of benzene rings is 2. The number of carbonyl (C=O) groups is 2. The van der Waals surface area contributed by atoms with E-state index in [0.29, 0.717) is 36.0 Å². The van der Waals surface area contributed by atoms with Gasteiger partial charge in [0, 0.05) is 41.8 Å². The molecule has 2 aromatic carbocycles. The SMILES string of the molecule is COc1ccccc1CNC(=O)c1ccc(C)nc1C1CCN(C(=O)COc2ccc(Cl)cc2)CC1. The van der Waals surface area contributed by atoms with Crippen molar-refractivity contribution >= 4 is 23.4 Å². The molecule has 0 unspecified atom stereocenters. The summed E-state index contributed by atoms with van der Waals surface area (Å²) < 4.78 is 11.0. The normalized spacial score (nSPS) is 13.8. The van der Waals surface area contributed by atoms with Gasteiger partial charge in [-0.3, -0.25) is 14.6 Å². The molecule has 0 aliphatic carbocycles. The number of aryl methyl sites for hydroxylation is 1. The fourth-order valence-corrected chi connectivity index (χ4v) is 4.50. The predicted molar refractivity (Wildman–Crippen MR) is 139 cm³/mol. The molecule has 8 heteroatoms. The van der Waals surface area contributed by atoms with Gasteiger partial charge in [0.2, 0.25) is 0 Å². The van der Waals surface area contributed by atoms with Crippen LogP contribution in [0.3, 0.4) is 0 Å². The maximum Gasteiger partial charge on any atom is 0.260 e. The number of nitrogens with zero attached hydrogens (tertiary/aromatic N) is 2. The van der Waals surface area contributed by atoms with Gasteiger partial charge in [-0.2, -0.15) is 0 Å². The van der Waals surface area contributed by atoms with Gasteiger partial charge in [0.15, 0.2) is 6.61 Å². The number of hydrogen-bond donors (Lipinski definition) is 1. The molecule has 0 atom stereocenters. The monoisotopic (exact) mass is 507 g/mol. The molecular formula is C28H30ClN3O4. The van der Waals surface area contributed by atoms with E-state index < -0.39 is 0 Å². The molecule has 2 heterocycles. The van der Waals surface area contributed by atoms with Crippen LogP contribution in [0.15, 0.2) is 60.7 Å². The Labute approximate surface area is 216 Å². The first-order chi connectivity index (χ1) is 17.4. The largest absolute Gasteiger partial charge is 0.496 e. The first kappa shape index (κ1) is 25.5. The van der Waals surface area contributed by atoms with Gasteiger partial charge in [-0.25, -0.2) is 0 Å². The zero-order valence-electron chi connectivity index (χ0n) is 20.5. The number of likely N-dealkylation sites (tertiary alicyclic amines) is 1. The molecule has 1 N–H and O–H groups in total. The van der Waals surface area contributed by atoms with Crippen molar-refractivity contribution in [1.29, 1.82) is 0 Å². The van der Waals surface area contributed by atoms with E-state index in [4.69, 9.17) is 26.1 Å². The van der Waals surface area contributed by atoms with Gasteiger partial charge in [-0.05, 0) is 62.2 Å². The van der Waals surface area contributed by atoms with Gasteiger partial charge < -0.3 is 19.7 Å². The molecule has 0 radical (unpaired) electrons. The summed E-state index contributed by atoms with van der Waals surface area (Å²) in [7, 11) is 1.61. The second kappa shape index (κ2) is 11.9. The summed E-state index contributed by atoms with van der Waals surface area (Å²) in [4.78, 5) is 32.3. The summed E-state index contributed by atoms with van der Waals surface area (Å²) in [6, 6.07) is 18.2. The molecule has 0 bridgehead atoms. The highest BCUT2D eigenvalue weighted by Gasteiger charge is 2.28. The molecule has 1 saturated heterocycles. The number of rotatable bonds is 8. The van der Waals surface area contributed by atoms with E-state index in [1.54, 1.807) is 31.4 Å². The average molecular weight is 508 g/mol. The van der Waals surface area contributed by atoms with E-state index >= 15 is 0 Å². The van der Waals surface area contributed by atoms with E-state index in [9.17, 15) is 9.59 Å². The molecule has 1 fully saturated rings. The van der Waals surface area contributed by atoms with Crippen molar-refractivity contribution in [1.82, 2.24) is 15.2 Å². The van der Waals surface area contributed by atoms with Gasteiger partial charge in [0.05, 0.1) is 18.4 Å². The van der Waals surface area contributed by atoms with Crippen molar-refractivity contribution < 1.29 is 19.1 Å². The van der Waals surface area contributed by atoms with Crippen LogP contribution in [-0.2, 0) is 11.3 Å². The van der Waals surface area contributed by atoms with Crippen molar-refractivity contribution in [2.75, 3.05) is 26.8 Å². The van der Waals surface area contributed by atoms with Crippen LogP contribution < -0.4 is 14.8 Å². The number of amides is 2. The highest BCUT2D eigenvalue weighted by Crippen LogP contribution is 2.30. The molecule has 188 valence electrons. The minimum Gasteiger partial charge on any atom is -0.496 e. The Morgan fingerprint density at radius 1 is 1.06 bits per heavy atom. The number of nitrogens with one attached hydrogen (secondary N) is 1. The Morgan fingerprint density at radius 2 is 1.78 bits per heavy atom. The number of carbonyl (C=O) groups excluding carboxylic acids is 2. The van der Waals surface area contributed by atoms with Gasteiger partial charge in [0.25, 0.3) is 11.8 Å². The van der Waals surface area contributed by atoms with E-state index in [1.165, 1.54) is 0 Å². The van der Waals surface area contributed by atoms with Gasteiger partial charge in [-0.15, -0.1) is 0 Å². The predicted octanol–water partition coefficient (Wildman–Crippen LogP) is 4.77. The Balaban J connectivity index is 1.36. The molecule has 1 aliphatic rings. The first-order valence-corrected chi connectivity index (χ1v) is 12.4. The van der Waals surface area contributed by atoms with E-state index in [1.807, 2.05) is 48.2 Å². The lowest BCUT2D eigenvalue weighted by molar-refractivity contribution is -0.134. The number of pyridine rings is 1.